The fourth-order valence-electron chi connectivity index (χ4n) is 3.37. The van der Waals surface area contributed by atoms with Crippen LogP contribution in [-0.4, -0.2) is 18.9 Å². The van der Waals surface area contributed by atoms with Gasteiger partial charge in [-0.05, 0) is 49.3 Å². The number of anilines is 1. The molecule has 0 saturated carbocycles. The molecule has 0 bridgehead atoms. The number of ether oxygens (including phenoxy) is 1. The summed E-state index contributed by atoms with van der Waals surface area (Å²) in [6.45, 7) is 4.08. The molecule has 3 rings (SSSR count). The summed E-state index contributed by atoms with van der Waals surface area (Å²) in [6, 6.07) is 5.40. The van der Waals surface area contributed by atoms with Crippen molar-refractivity contribution in [2.45, 2.75) is 33.1 Å². The monoisotopic (exact) mass is 358 g/mol. The molecule has 0 fully saturated rings. The molecule has 25 heavy (non-hydrogen) atoms. The Labute approximate surface area is 151 Å². The van der Waals surface area contributed by atoms with Crippen molar-refractivity contribution < 1.29 is 14.3 Å². The number of nitrogens with two attached hydrogens (primary N) is 1. The number of fused-ring (bicyclic) bond motifs is 1. The Morgan fingerprint density at radius 3 is 2.80 bits per heavy atom. The number of hydrogen-bond donors (Lipinski definition) is 2. The summed E-state index contributed by atoms with van der Waals surface area (Å²) in [4.78, 5) is 25.9. The summed E-state index contributed by atoms with van der Waals surface area (Å²) in [5.41, 5.74) is 8.39. The van der Waals surface area contributed by atoms with E-state index in [4.69, 9.17) is 10.5 Å². The van der Waals surface area contributed by atoms with E-state index in [9.17, 15) is 9.59 Å². The van der Waals surface area contributed by atoms with E-state index in [-0.39, 0.29) is 5.91 Å². The molecule has 132 valence electrons. The number of carbonyl (C=O) groups excluding carboxylic acids is 2. The molecule has 0 radical (unpaired) electrons. The highest BCUT2D eigenvalue weighted by atomic mass is 32.1. The van der Waals surface area contributed by atoms with Gasteiger partial charge in [-0.1, -0.05) is 19.1 Å². The van der Waals surface area contributed by atoms with Crippen molar-refractivity contribution in [1.82, 2.24) is 0 Å². The third-order valence-corrected chi connectivity index (χ3v) is 5.82. The van der Waals surface area contributed by atoms with E-state index in [1.54, 1.807) is 13.2 Å². The highest BCUT2D eigenvalue weighted by molar-refractivity contribution is 7.17. The number of carbonyl (C=O) groups is 2. The second-order valence-corrected chi connectivity index (χ2v) is 7.64. The van der Waals surface area contributed by atoms with Crippen molar-refractivity contribution in [2.75, 3.05) is 12.4 Å². The standard InChI is InChI=1S/C19H22N2O3S/c1-10-7-8-12-14(9-10)25-19(15(12)17(20)22)21-18(23)13-6-4-5-11(2)16(13)24-3/h4-6,10H,7-9H2,1-3H3,(H2,20,22)(H,21,23)/t10-/m0/s1. The van der Waals surface area contributed by atoms with Crippen molar-refractivity contribution in [1.29, 1.82) is 0 Å². The molecule has 0 aliphatic heterocycles. The molecule has 3 N–H and O–H groups in total. The summed E-state index contributed by atoms with van der Waals surface area (Å²) in [7, 11) is 1.54. The maximum atomic E-state index is 12.8. The molecule has 0 spiro atoms. The van der Waals surface area contributed by atoms with Crippen molar-refractivity contribution in [3.05, 3.63) is 45.3 Å². The van der Waals surface area contributed by atoms with Crippen LogP contribution in [0.3, 0.4) is 0 Å². The number of aryl methyl sites for hydroxylation is 1. The Morgan fingerprint density at radius 2 is 2.12 bits per heavy atom. The van der Waals surface area contributed by atoms with Crippen molar-refractivity contribution in [2.24, 2.45) is 11.7 Å². The Hall–Kier alpha value is -2.34. The van der Waals surface area contributed by atoms with E-state index in [0.717, 1.165) is 35.3 Å². The van der Waals surface area contributed by atoms with Gasteiger partial charge in [0.1, 0.15) is 10.8 Å². The summed E-state index contributed by atoms with van der Waals surface area (Å²) < 4.78 is 5.36. The van der Waals surface area contributed by atoms with Crippen LogP contribution in [0, 0.1) is 12.8 Å². The first kappa shape index (κ1) is 17.5. The Morgan fingerprint density at radius 1 is 1.36 bits per heavy atom. The van der Waals surface area contributed by atoms with Gasteiger partial charge in [0.15, 0.2) is 0 Å². The lowest BCUT2D eigenvalue weighted by Gasteiger charge is -2.18. The first-order chi connectivity index (χ1) is 11.9. The summed E-state index contributed by atoms with van der Waals surface area (Å²) >= 11 is 1.46. The van der Waals surface area contributed by atoms with Gasteiger partial charge < -0.3 is 15.8 Å². The molecule has 2 amide bonds. The van der Waals surface area contributed by atoms with E-state index in [0.29, 0.717) is 27.8 Å². The van der Waals surface area contributed by atoms with E-state index >= 15 is 0 Å². The zero-order valence-electron chi connectivity index (χ0n) is 14.6. The Kier molecular flexibility index (Phi) is 4.81. The molecule has 1 aromatic heterocycles. The minimum absolute atomic E-state index is 0.297. The van der Waals surface area contributed by atoms with Crippen LogP contribution in [0.25, 0.3) is 0 Å². The van der Waals surface area contributed by atoms with Gasteiger partial charge in [-0.3, -0.25) is 9.59 Å². The smallest absolute Gasteiger partial charge is 0.260 e. The lowest BCUT2D eigenvalue weighted by molar-refractivity contribution is 0.1000. The van der Waals surface area contributed by atoms with Crippen LogP contribution in [0.5, 0.6) is 5.75 Å². The predicted molar refractivity (Wildman–Crippen MR) is 99.7 cm³/mol. The minimum Gasteiger partial charge on any atom is -0.496 e. The number of thiophene rings is 1. The van der Waals surface area contributed by atoms with Gasteiger partial charge in [0, 0.05) is 4.88 Å². The highest BCUT2D eigenvalue weighted by Crippen LogP contribution is 2.39. The van der Waals surface area contributed by atoms with Crippen LogP contribution in [-0.2, 0) is 12.8 Å². The van der Waals surface area contributed by atoms with E-state index in [1.807, 2.05) is 19.1 Å². The molecule has 1 aliphatic rings. The average Bonchev–Trinajstić information content (AvgIpc) is 2.91. The number of rotatable bonds is 4. The highest BCUT2D eigenvalue weighted by Gasteiger charge is 2.27. The number of para-hydroxylation sites is 1. The molecule has 2 aromatic rings. The fraction of sp³-hybridized carbons (Fsp3) is 0.368. The van der Waals surface area contributed by atoms with Crippen LogP contribution >= 0.6 is 11.3 Å². The normalized spacial score (nSPS) is 16.2. The van der Waals surface area contributed by atoms with Crippen LogP contribution in [0.1, 0.15) is 50.1 Å². The molecular formula is C19H22N2O3S. The molecular weight excluding hydrogens is 336 g/mol. The fourth-order valence-corrected chi connectivity index (χ4v) is 4.78. The lowest BCUT2D eigenvalue weighted by atomic mass is 9.88. The molecule has 1 aromatic carbocycles. The van der Waals surface area contributed by atoms with Crippen LogP contribution in [0.2, 0.25) is 0 Å². The van der Waals surface area contributed by atoms with Gasteiger partial charge in [0.2, 0.25) is 0 Å². The molecule has 1 atom stereocenters. The predicted octanol–water partition coefficient (Wildman–Crippen LogP) is 3.54. The topological polar surface area (TPSA) is 81.4 Å². The molecule has 5 nitrogen and oxygen atoms in total. The van der Waals surface area contributed by atoms with E-state index in [2.05, 4.69) is 12.2 Å². The van der Waals surface area contributed by atoms with Gasteiger partial charge in [-0.25, -0.2) is 0 Å². The number of nitrogens with one attached hydrogen (secondary N) is 1. The lowest BCUT2D eigenvalue weighted by Crippen LogP contribution is -2.19. The number of amides is 2. The first-order valence-electron chi connectivity index (χ1n) is 8.31. The van der Waals surface area contributed by atoms with Crippen LogP contribution in [0.15, 0.2) is 18.2 Å². The zero-order chi connectivity index (χ0) is 18.1. The zero-order valence-corrected chi connectivity index (χ0v) is 15.5. The summed E-state index contributed by atoms with van der Waals surface area (Å²) in [5.74, 6) is 0.330. The largest absolute Gasteiger partial charge is 0.496 e. The molecule has 1 heterocycles. The maximum absolute atomic E-state index is 12.8. The Balaban J connectivity index is 1.97. The SMILES string of the molecule is COc1c(C)cccc1C(=O)Nc1sc2c(c1C(N)=O)CC[C@H](C)C2. The van der Waals surface area contributed by atoms with Crippen LogP contribution < -0.4 is 15.8 Å². The quantitative estimate of drug-likeness (QED) is 0.877. The number of primary amides is 1. The van der Waals surface area contributed by atoms with Gasteiger partial charge in [-0.15, -0.1) is 11.3 Å². The second kappa shape index (κ2) is 6.88. The van der Waals surface area contributed by atoms with Crippen molar-refractivity contribution in [3.8, 4) is 5.75 Å². The number of hydrogen-bond acceptors (Lipinski definition) is 4. The summed E-state index contributed by atoms with van der Waals surface area (Å²) in [6.07, 6.45) is 2.78. The molecule has 1 aliphatic carbocycles. The molecule has 6 heteroatoms. The third kappa shape index (κ3) is 3.26. The summed E-state index contributed by atoms with van der Waals surface area (Å²) in [5, 5.41) is 3.42. The Bertz CT molecular complexity index is 841. The van der Waals surface area contributed by atoms with Crippen molar-refractivity contribution in [3.63, 3.8) is 0 Å². The van der Waals surface area contributed by atoms with Crippen molar-refractivity contribution >= 4 is 28.2 Å². The van der Waals surface area contributed by atoms with Gasteiger partial charge >= 0.3 is 0 Å². The van der Waals surface area contributed by atoms with Crippen LogP contribution in [0.4, 0.5) is 5.00 Å². The van der Waals surface area contributed by atoms with E-state index in [1.165, 1.54) is 11.3 Å². The third-order valence-electron chi connectivity index (χ3n) is 4.65. The first-order valence-corrected chi connectivity index (χ1v) is 9.13. The van der Waals surface area contributed by atoms with Gasteiger partial charge in [-0.2, -0.15) is 0 Å². The average molecular weight is 358 g/mol. The second-order valence-electron chi connectivity index (χ2n) is 6.53. The maximum Gasteiger partial charge on any atom is 0.260 e. The van der Waals surface area contributed by atoms with Gasteiger partial charge in [0.05, 0.1) is 18.2 Å². The number of benzene rings is 1. The van der Waals surface area contributed by atoms with Gasteiger partial charge in [0.25, 0.3) is 11.8 Å². The minimum atomic E-state index is -0.487. The molecule has 0 saturated heterocycles. The molecule has 0 unspecified atom stereocenters. The van der Waals surface area contributed by atoms with E-state index < -0.39 is 5.91 Å². The number of methoxy groups -OCH3 is 1.